The van der Waals surface area contributed by atoms with E-state index in [1.165, 1.54) is 0 Å². The first-order chi connectivity index (χ1) is 6.84. The highest BCUT2D eigenvalue weighted by Gasteiger charge is 2.20. The number of hydrogen-bond donors (Lipinski definition) is 4. The summed E-state index contributed by atoms with van der Waals surface area (Å²) >= 11 is 0. The third kappa shape index (κ3) is 2.59. The molecule has 80 valence electrons. The van der Waals surface area contributed by atoms with E-state index in [1.807, 2.05) is 0 Å². The van der Waals surface area contributed by atoms with E-state index in [0.717, 1.165) is 39.0 Å². The Hall–Kier alpha value is -0.810. The molecule has 14 heavy (non-hydrogen) atoms. The molecule has 0 spiro atoms. The van der Waals surface area contributed by atoms with Crippen LogP contribution in [0.15, 0.2) is 0 Å². The van der Waals surface area contributed by atoms with Crippen molar-refractivity contribution in [2.45, 2.75) is 24.9 Å². The van der Waals surface area contributed by atoms with Crippen molar-refractivity contribution in [3.8, 4) is 0 Å². The molecule has 0 aromatic carbocycles. The van der Waals surface area contributed by atoms with E-state index in [0.29, 0.717) is 12.1 Å². The van der Waals surface area contributed by atoms with E-state index < -0.39 is 0 Å². The highest BCUT2D eigenvalue weighted by Crippen LogP contribution is 2.01. The number of rotatable bonds is 2. The summed E-state index contributed by atoms with van der Waals surface area (Å²) in [5, 5.41) is 12.3. The highest BCUT2D eigenvalue weighted by molar-refractivity contribution is 5.74. The van der Waals surface area contributed by atoms with Gasteiger partial charge in [-0.15, -0.1) is 0 Å². The van der Waals surface area contributed by atoms with Crippen molar-refractivity contribution in [1.82, 2.24) is 21.3 Å². The first-order valence-electron chi connectivity index (χ1n) is 5.33. The van der Waals surface area contributed by atoms with Gasteiger partial charge in [0.25, 0.3) is 0 Å². The molecule has 5 heteroatoms. The van der Waals surface area contributed by atoms with Crippen LogP contribution < -0.4 is 21.3 Å². The van der Waals surface area contributed by atoms with Gasteiger partial charge in [0.1, 0.15) is 0 Å². The van der Waals surface area contributed by atoms with Crippen molar-refractivity contribution in [1.29, 1.82) is 0 Å². The topological polar surface area (TPSA) is 65.2 Å². The van der Waals surface area contributed by atoms with Crippen molar-refractivity contribution < 1.29 is 4.79 Å². The maximum atomic E-state index is 11.4. The van der Waals surface area contributed by atoms with Gasteiger partial charge in [-0.1, -0.05) is 0 Å². The van der Waals surface area contributed by atoms with Crippen LogP contribution >= 0.6 is 0 Å². The van der Waals surface area contributed by atoms with Crippen LogP contribution in [-0.4, -0.2) is 44.3 Å². The predicted octanol–water partition coefficient (Wildman–Crippen LogP) is -0.991. The zero-order chi connectivity index (χ0) is 9.80. The number of nitrogens with one attached hydrogen (secondary N) is 4. The minimum absolute atomic E-state index is 0.0107. The van der Waals surface area contributed by atoms with Crippen molar-refractivity contribution in [2.75, 3.05) is 26.2 Å². The molecule has 5 nitrogen and oxygen atoms in total. The van der Waals surface area contributed by atoms with Crippen LogP contribution in [0, 0.1) is 0 Å². The number of carbonyl (C=O) groups is 1. The van der Waals surface area contributed by atoms with Gasteiger partial charge >= 0.3 is 6.03 Å². The fourth-order valence-electron chi connectivity index (χ4n) is 1.77. The standard InChI is InChI=1S/C9H18N4O/c14-9(13-8-5-11-6-8)12-7-1-3-10-4-2-7/h7-8,10-11H,1-6H2,(H2,12,13,14). The Labute approximate surface area is 84.0 Å². The van der Waals surface area contributed by atoms with Crippen LogP contribution in [0.2, 0.25) is 0 Å². The molecule has 2 rings (SSSR count). The van der Waals surface area contributed by atoms with Gasteiger partial charge in [-0.2, -0.15) is 0 Å². The molecular formula is C9H18N4O. The Balaban J connectivity index is 1.64. The molecule has 0 aromatic rings. The number of piperidine rings is 1. The largest absolute Gasteiger partial charge is 0.335 e. The van der Waals surface area contributed by atoms with E-state index >= 15 is 0 Å². The summed E-state index contributed by atoms with van der Waals surface area (Å²) in [7, 11) is 0. The normalized spacial score (nSPS) is 24.0. The number of amides is 2. The van der Waals surface area contributed by atoms with E-state index in [1.54, 1.807) is 0 Å². The molecule has 2 aliphatic heterocycles. The number of urea groups is 1. The first-order valence-corrected chi connectivity index (χ1v) is 5.33. The third-order valence-corrected chi connectivity index (χ3v) is 2.79. The van der Waals surface area contributed by atoms with Gasteiger partial charge in [0, 0.05) is 19.1 Å². The summed E-state index contributed by atoms with van der Waals surface area (Å²) in [5.41, 5.74) is 0. The fraction of sp³-hybridized carbons (Fsp3) is 0.889. The fourth-order valence-corrected chi connectivity index (χ4v) is 1.77. The van der Waals surface area contributed by atoms with Crippen LogP contribution in [-0.2, 0) is 0 Å². The minimum Gasteiger partial charge on any atom is -0.335 e. The lowest BCUT2D eigenvalue weighted by atomic mass is 10.1. The van der Waals surface area contributed by atoms with E-state index in [-0.39, 0.29) is 6.03 Å². The molecule has 4 N–H and O–H groups in total. The van der Waals surface area contributed by atoms with Crippen molar-refractivity contribution in [3.05, 3.63) is 0 Å². The Morgan fingerprint density at radius 2 is 1.64 bits per heavy atom. The number of hydrogen-bond acceptors (Lipinski definition) is 3. The van der Waals surface area contributed by atoms with Gasteiger partial charge in [-0.25, -0.2) is 4.79 Å². The molecule has 2 heterocycles. The van der Waals surface area contributed by atoms with Gasteiger partial charge in [-0.05, 0) is 25.9 Å². The monoisotopic (exact) mass is 198 g/mol. The molecule has 0 atom stereocenters. The quantitative estimate of drug-likeness (QED) is 0.460. The molecule has 0 radical (unpaired) electrons. The van der Waals surface area contributed by atoms with Gasteiger partial charge < -0.3 is 21.3 Å². The molecule has 2 saturated heterocycles. The maximum absolute atomic E-state index is 11.4. The van der Waals surface area contributed by atoms with Gasteiger partial charge in [0.15, 0.2) is 0 Å². The Morgan fingerprint density at radius 3 is 2.21 bits per heavy atom. The molecule has 0 aliphatic carbocycles. The van der Waals surface area contributed by atoms with Crippen LogP contribution in [0.1, 0.15) is 12.8 Å². The summed E-state index contributed by atoms with van der Waals surface area (Å²) in [6.45, 7) is 3.82. The lowest BCUT2D eigenvalue weighted by Crippen LogP contribution is -2.60. The average Bonchev–Trinajstić information content (AvgIpc) is 2.13. The zero-order valence-corrected chi connectivity index (χ0v) is 8.31. The minimum atomic E-state index is -0.0107. The predicted molar refractivity (Wildman–Crippen MR) is 54.2 cm³/mol. The van der Waals surface area contributed by atoms with E-state index in [2.05, 4.69) is 21.3 Å². The smallest absolute Gasteiger partial charge is 0.315 e. The molecule has 0 bridgehead atoms. The highest BCUT2D eigenvalue weighted by atomic mass is 16.2. The molecular weight excluding hydrogens is 180 g/mol. The van der Waals surface area contributed by atoms with Crippen molar-refractivity contribution in [2.24, 2.45) is 0 Å². The van der Waals surface area contributed by atoms with Gasteiger partial charge in [0.2, 0.25) is 0 Å². The van der Waals surface area contributed by atoms with Crippen LogP contribution in [0.25, 0.3) is 0 Å². The second kappa shape index (κ2) is 4.61. The molecule has 0 saturated carbocycles. The van der Waals surface area contributed by atoms with Crippen LogP contribution in [0.4, 0.5) is 4.79 Å². The summed E-state index contributed by atoms with van der Waals surface area (Å²) in [6.07, 6.45) is 2.08. The second-order valence-electron chi connectivity index (χ2n) is 4.00. The molecule has 0 aromatic heterocycles. The van der Waals surface area contributed by atoms with Gasteiger partial charge in [0.05, 0.1) is 6.04 Å². The summed E-state index contributed by atoms with van der Waals surface area (Å²) in [5.74, 6) is 0. The van der Waals surface area contributed by atoms with E-state index in [4.69, 9.17) is 0 Å². The maximum Gasteiger partial charge on any atom is 0.315 e. The average molecular weight is 198 g/mol. The SMILES string of the molecule is O=C(NC1CCNCC1)NC1CNC1. The molecule has 2 aliphatic rings. The lowest BCUT2D eigenvalue weighted by molar-refractivity contribution is 0.224. The van der Waals surface area contributed by atoms with Gasteiger partial charge in [-0.3, -0.25) is 0 Å². The van der Waals surface area contributed by atoms with Crippen molar-refractivity contribution >= 4 is 6.03 Å². The Bertz CT molecular complexity index is 199. The summed E-state index contributed by atoms with van der Waals surface area (Å²) in [6, 6.07) is 0.671. The number of carbonyl (C=O) groups excluding carboxylic acids is 1. The first kappa shape index (κ1) is 9.73. The summed E-state index contributed by atoms with van der Waals surface area (Å²) in [4.78, 5) is 11.4. The van der Waals surface area contributed by atoms with Crippen LogP contribution in [0.3, 0.4) is 0 Å². The van der Waals surface area contributed by atoms with Crippen LogP contribution in [0.5, 0.6) is 0 Å². The summed E-state index contributed by atoms with van der Waals surface area (Å²) < 4.78 is 0. The Kier molecular flexibility index (Phi) is 3.21. The Morgan fingerprint density at radius 1 is 1.00 bits per heavy atom. The second-order valence-corrected chi connectivity index (χ2v) is 4.00. The molecule has 2 fully saturated rings. The lowest BCUT2D eigenvalue weighted by Gasteiger charge is -2.30. The third-order valence-electron chi connectivity index (χ3n) is 2.79. The van der Waals surface area contributed by atoms with E-state index in [9.17, 15) is 4.79 Å². The van der Waals surface area contributed by atoms with Crippen molar-refractivity contribution in [3.63, 3.8) is 0 Å². The molecule has 0 unspecified atom stereocenters. The zero-order valence-electron chi connectivity index (χ0n) is 8.31. The molecule has 2 amide bonds.